The molecular weight excluding hydrogens is 360 g/mol. The highest BCUT2D eigenvalue weighted by Gasteiger charge is 2.29. The first-order valence-corrected chi connectivity index (χ1v) is 9.97. The highest BCUT2D eigenvalue weighted by atomic mass is 32.1. The standard InChI is InChI=1S/C21H22N2O3S/c1-14(24)21-10-15(13-27-21)11-23-9-7-20(18(25)12-23)26-19-6-2-5-17-16(19)4-3-8-22-17/h2-6,8,10,13,18,20,25H,7,9,11-12H2,1H3/t18-,20-/m1/s1. The van der Waals surface area contributed by atoms with Crippen molar-refractivity contribution in [2.75, 3.05) is 13.1 Å². The van der Waals surface area contributed by atoms with E-state index in [4.69, 9.17) is 4.74 Å². The number of hydrogen-bond donors (Lipinski definition) is 1. The third kappa shape index (κ3) is 4.03. The fourth-order valence-corrected chi connectivity index (χ4v) is 4.31. The van der Waals surface area contributed by atoms with Crippen LogP contribution in [0, 0.1) is 0 Å². The van der Waals surface area contributed by atoms with E-state index in [1.807, 2.05) is 41.8 Å². The Morgan fingerprint density at radius 3 is 3.04 bits per heavy atom. The van der Waals surface area contributed by atoms with Crippen molar-refractivity contribution in [3.05, 3.63) is 58.4 Å². The Morgan fingerprint density at radius 2 is 2.26 bits per heavy atom. The number of nitrogens with zero attached hydrogens (tertiary/aromatic N) is 2. The minimum atomic E-state index is -0.559. The summed E-state index contributed by atoms with van der Waals surface area (Å²) in [4.78, 5) is 18.8. The maximum Gasteiger partial charge on any atom is 0.169 e. The van der Waals surface area contributed by atoms with Crippen LogP contribution in [0.3, 0.4) is 0 Å². The van der Waals surface area contributed by atoms with Crippen molar-refractivity contribution in [2.45, 2.75) is 32.1 Å². The molecule has 2 aromatic heterocycles. The number of ketones is 1. The number of benzene rings is 1. The van der Waals surface area contributed by atoms with Gasteiger partial charge in [-0.1, -0.05) is 6.07 Å². The molecule has 0 amide bonds. The average Bonchev–Trinajstić information content (AvgIpc) is 3.13. The second-order valence-corrected chi connectivity index (χ2v) is 7.86. The van der Waals surface area contributed by atoms with Gasteiger partial charge < -0.3 is 9.84 Å². The van der Waals surface area contributed by atoms with Crippen molar-refractivity contribution < 1.29 is 14.6 Å². The number of pyridine rings is 1. The van der Waals surface area contributed by atoms with E-state index in [0.717, 1.165) is 46.6 Å². The number of aliphatic hydroxyl groups is 1. The number of thiophene rings is 1. The van der Waals surface area contributed by atoms with Crippen LogP contribution in [0.4, 0.5) is 0 Å². The first-order chi connectivity index (χ1) is 13.1. The van der Waals surface area contributed by atoms with Crippen LogP contribution in [-0.4, -0.2) is 46.1 Å². The van der Waals surface area contributed by atoms with Gasteiger partial charge in [0.25, 0.3) is 0 Å². The monoisotopic (exact) mass is 382 g/mol. The zero-order valence-corrected chi connectivity index (χ0v) is 16.0. The lowest BCUT2D eigenvalue weighted by atomic mass is 10.0. The van der Waals surface area contributed by atoms with Gasteiger partial charge in [0.2, 0.25) is 0 Å². The minimum absolute atomic E-state index is 0.1000. The van der Waals surface area contributed by atoms with Crippen molar-refractivity contribution in [2.24, 2.45) is 0 Å². The normalized spacial score (nSPS) is 20.7. The van der Waals surface area contributed by atoms with Gasteiger partial charge in [-0.15, -0.1) is 11.3 Å². The van der Waals surface area contributed by atoms with Gasteiger partial charge >= 0.3 is 0 Å². The second-order valence-electron chi connectivity index (χ2n) is 6.95. The fraction of sp³-hybridized carbons (Fsp3) is 0.333. The molecule has 0 bridgehead atoms. The van der Waals surface area contributed by atoms with Crippen LogP contribution in [0.1, 0.15) is 28.6 Å². The number of aromatic nitrogens is 1. The van der Waals surface area contributed by atoms with Gasteiger partial charge in [0.05, 0.1) is 10.4 Å². The van der Waals surface area contributed by atoms with Crippen molar-refractivity contribution in [3.8, 4) is 5.75 Å². The molecule has 1 N–H and O–H groups in total. The molecule has 27 heavy (non-hydrogen) atoms. The van der Waals surface area contributed by atoms with Crippen molar-refractivity contribution in [3.63, 3.8) is 0 Å². The summed E-state index contributed by atoms with van der Waals surface area (Å²) in [5.74, 6) is 0.866. The second kappa shape index (κ2) is 7.76. The lowest BCUT2D eigenvalue weighted by Crippen LogP contribution is -2.48. The number of carbonyl (C=O) groups is 1. The summed E-state index contributed by atoms with van der Waals surface area (Å²) in [6.45, 7) is 3.73. The molecule has 1 fully saturated rings. The van der Waals surface area contributed by atoms with E-state index >= 15 is 0 Å². The van der Waals surface area contributed by atoms with Crippen LogP contribution < -0.4 is 4.74 Å². The number of rotatable bonds is 5. The number of Topliss-reactive ketones (excluding diaryl/α,β-unsaturated/α-hetero) is 1. The summed E-state index contributed by atoms with van der Waals surface area (Å²) >= 11 is 1.48. The molecule has 0 aliphatic carbocycles. The number of piperidine rings is 1. The molecule has 4 rings (SSSR count). The van der Waals surface area contributed by atoms with Gasteiger partial charge in [-0.25, -0.2) is 0 Å². The lowest BCUT2D eigenvalue weighted by Gasteiger charge is -2.36. The predicted octanol–water partition coefficient (Wildman–Crippen LogP) is 3.51. The molecule has 2 atom stereocenters. The molecular formula is C21H22N2O3S. The summed E-state index contributed by atoms with van der Waals surface area (Å²) in [5, 5.41) is 13.6. The summed E-state index contributed by atoms with van der Waals surface area (Å²) in [7, 11) is 0. The molecule has 6 heteroatoms. The number of fused-ring (bicyclic) bond motifs is 1. The van der Waals surface area contributed by atoms with Gasteiger partial charge in [-0.2, -0.15) is 0 Å². The minimum Gasteiger partial charge on any atom is -0.487 e. The highest BCUT2D eigenvalue weighted by Crippen LogP contribution is 2.27. The van der Waals surface area contributed by atoms with E-state index in [0.29, 0.717) is 6.54 Å². The average molecular weight is 382 g/mol. The molecule has 0 spiro atoms. The SMILES string of the molecule is CC(=O)c1cc(CN2CC[C@@H](Oc3cccc4ncccc34)[C@H](O)C2)cs1. The van der Waals surface area contributed by atoms with E-state index in [-0.39, 0.29) is 11.9 Å². The molecule has 3 aromatic rings. The zero-order chi connectivity index (χ0) is 18.8. The maximum atomic E-state index is 11.4. The lowest BCUT2D eigenvalue weighted by molar-refractivity contribution is -0.0268. The Kier molecular flexibility index (Phi) is 5.20. The van der Waals surface area contributed by atoms with Crippen LogP contribution in [0.2, 0.25) is 0 Å². The van der Waals surface area contributed by atoms with Gasteiger partial charge in [0.1, 0.15) is 18.0 Å². The van der Waals surface area contributed by atoms with Gasteiger partial charge in [0.15, 0.2) is 5.78 Å². The van der Waals surface area contributed by atoms with E-state index in [1.54, 1.807) is 13.1 Å². The molecule has 5 nitrogen and oxygen atoms in total. The quantitative estimate of drug-likeness (QED) is 0.684. The topological polar surface area (TPSA) is 62.7 Å². The molecule has 0 saturated carbocycles. The first-order valence-electron chi connectivity index (χ1n) is 9.09. The Morgan fingerprint density at radius 1 is 1.37 bits per heavy atom. The first kappa shape index (κ1) is 18.1. The Bertz CT molecular complexity index is 950. The van der Waals surface area contributed by atoms with Gasteiger partial charge in [-0.05, 0) is 54.6 Å². The van der Waals surface area contributed by atoms with E-state index < -0.39 is 6.10 Å². The molecule has 0 unspecified atom stereocenters. The molecule has 1 aliphatic heterocycles. The molecule has 0 radical (unpaired) electrons. The third-order valence-corrected chi connectivity index (χ3v) is 5.98. The molecule has 1 saturated heterocycles. The summed E-state index contributed by atoms with van der Waals surface area (Å²) in [6.07, 6.45) is 1.72. The molecule has 140 valence electrons. The summed E-state index contributed by atoms with van der Waals surface area (Å²) in [5.41, 5.74) is 2.01. The molecule has 1 aromatic carbocycles. The van der Waals surface area contributed by atoms with Crippen LogP contribution >= 0.6 is 11.3 Å². The fourth-order valence-electron chi connectivity index (χ4n) is 3.50. The Hall–Kier alpha value is -2.28. The molecule has 3 heterocycles. The number of carbonyl (C=O) groups excluding carboxylic acids is 1. The Labute approximate surface area is 162 Å². The third-order valence-electron chi connectivity index (χ3n) is 4.90. The maximum absolute atomic E-state index is 11.4. The van der Waals surface area contributed by atoms with Crippen molar-refractivity contribution in [1.29, 1.82) is 0 Å². The highest BCUT2D eigenvalue weighted by molar-refractivity contribution is 7.12. The number of ether oxygens (including phenoxy) is 1. The van der Waals surface area contributed by atoms with E-state index in [2.05, 4.69) is 9.88 Å². The van der Waals surface area contributed by atoms with Crippen LogP contribution in [0.25, 0.3) is 10.9 Å². The largest absolute Gasteiger partial charge is 0.487 e. The van der Waals surface area contributed by atoms with Crippen LogP contribution in [-0.2, 0) is 6.54 Å². The number of hydrogen-bond acceptors (Lipinski definition) is 6. The van der Waals surface area contributed by atoms with Crippen molar-refractivity contribution >= 4 is 28.0 Å². The van der Waals surface area contributed by atoms with E-state index in [1.165, 1.54) is 11.3 Å². The van der Waals surface area contributed by atoms with Crippen LogP contribution in [0.15, 0.2) is 48.0 Å². The zero-order valence-electron chi connectivity index (χ0n) is 15.2. The molecule has 1 aliphatic rings. The van der Waals surface area contributed by atoms with Gasteiger partial charge in [0, 0.05) is 31.2 Å². The predicted molar refractivity (Wildman–Crippen MR) is 106 cm³/mol. The number of aliphatic hydroxyl groups excluding tert-OH is 1. The van der Waals surface area contributed by atoms with Crippen molar-refractivity contribution in [1.82, 2.24) is 9.88 Å². The summed E-state index contributed by atoms with van der Waals surface area (Å²) < 4.78 is 6.16. The number of β-amino-alcohol motifs (C(OH)–C–C–N with tert-alkyl or cyclic N) is 1. The van der Waals surface area contributed by atoms with E-state index in [9.17, 15) is 9.90 Å². The van der Waals surface area contributed by atoms with Crippen LogP contribution in [0.5, 0.6) is 5.75 Å². The number of likely N-dealkylation sites (tertiary alicyclic amines) is 1. The Balaban J connectivity index is 1.40. The summed E-state index contributed by atoms with van der Waals surface area (Å²) in [6, 6.07) is 11.6. The smallest absolute Gasteiger partial charge is 0.169 e. The van der Waals surface area contributed by atoms with Gasteiger partial charge in [-0.3, -0.25) is 14.7 Å².